The summed E-state index contributed by atoms with van der Waals surface area (Å²) >= 11 is 0. The number of furan rings is 1. The molecule has 2 N–H and O–H groups in total. The zero-order chi connectivity index (χ0) is 22.7. The van der Waals surface area contributed by atoms with Crippen molar-refractivity contribution < 1.29 is 18.4 Å². The number of nitrogens with one attached hydrogen (secondary N) is 2. The molecule has 6 nitrogen and oxygen atoms in total. The molecule has 1 fully saturated rings. The quantitative estimate of drug-likeness (QED) is 0.462. The molecular weight excluding hydrogens is 421 g/mol. The first-order valence-electron chi connectivity index (χ1n) is 11.1. The fourth-order valence-electron chi connectivity index (χ4n) is 5.26. The molecule has 2 aliphatic heterocycles. The second-order valence-corrected chi connectivity index (χ2v) is 8.70. The number of carbonyl (C=O) groups excluding carboxylic acids is 2. The molecule has 2 amide bonds. The number of imide groups is 1. The molecule has 4 aromatic rings. The van der Waals surface area contributed by atoms with E-state index < -0.39 is 17.6 Å². The van der Waals surface area contributed by atoms with Gasteiger partial charge in [0, 0.05) is 28.6 Å². The molecule has 6 rings (SSSR count). The third kappa shape index (κ3) is 2.96. The number of nitrogens with zero attached hydrogens (tertiary/aromatic N) is 1. The van der Waals surface area contributed by atoms with Crippen LogP contribution in [0.1, 0.15) is 35.6 Å². The lowest BCUT2D eigenvalue weighted by atomic mass is 9.94. The number of aromatic nitrogens is 1. The van der Waals surface area contributed by atoms with Crippen LogP contribution in [0.3, 0.4) is 0 Å². The van der Waals surface area contributed by atoms with Gasteiger partial charge in [0.05, 0.1) is 28.5 Å². The zero-order valence-electron chi connectivity index (χ0n) is 18.1. The Bertz CT molecular complexity index is 1490. The van der Waals surface area contributed by atoms with E-state index in [0.717, 1.165) is 42.4 Å². The smallest absolute Gasteiger partial charge is 0.259 e. The SMILES string of the molecule is Cc1cccc2c(C3=C(c4c(F)ccc5ccoc45)C(=O)NC3=O)cn(C3CCNCC3)c12. The Kier molecular flexibility index (Phi) is 4.48. The van der Waals surface area contributed by atoms with Crippen LogP contribution in [0.2, 0.25) is 0 Å². The fourth-order valence-corrected chi connectivity index (χ4v) is 5.26. The average molecular weight is 443 g/mol. The maximum Gasteiger partial charge on any atom is 0.259 e. The monoisotopic (exact) mass is 443 g/mol. The van der Waals surface area contributed by atoms with Gasteiger partial charge in [0.25, 0.3) is 11.8 Å². The van der Waals surface area contributed by atoms with E-state index in [4.69, 9.17) is 4.42 Å². The lowest BCUT2D eigenvalue weighted by Crippen LogP contribution is -2.29. The largest absolute Gasteiger partial charge is 0.464 e. The summed E-state index contributed by atoms with van der Waals surface area (Å²) in [6, 6.07) is 10.8. The number of hydrogen-bond acceptors (Lipinski definition) is 4. The van der Waals surface area contributed by atoms with E-state index in [2.05, 4.69) is 15.2 Å². The molecule has 0 aliphatic carbocycles. The van der Waals surface area contributed by atoms with Crippen molar-refractivity contribution in [2.45, 2.75) is 25.8 Å². The topological polar surface area (TPSA) is 76.3 Å². The van der Waals surface area contributed by atoms with E-state index in [1.165, 1.54) is 12.3 Å². The van der Waals surface area contributed by atoms with E-state index >= 15 is 4.39 Å². The fraction of sp³-hybridized carbons (Fsp3) is 0.231. The number of para-hydroxylation sites is 1. The lowest BCUT2D eigenvalue weighted by Gasteiger charge is -2.25. The number of benzene rings is 2. The molecule has 0 atom stereocenters. The van der Waals surface area contributed by atoms with Crippen molar-refractivity contribution in [3.8, 4) is 0 Å². The Morgan fingerprint density at radius 3 is 2.64 bits per heavy atom. The summed E-state index contributed by atoms with van der Waals surface area (Å²) in [5, 5.41) is 7.31. The van der Waals surface area contributed by atoms with Crippen LogP contribution in [0.4, 0.5) is 4.39 Å². The molecular formula is C26H22FN3O3. The van der Waals surface area contributed by atoms with Crippen LogP contribution in [-0.2, 0) is 9.59 Å². The minimum atomic E-state index is -0.617. The molecule has 2 aromatic heterocycles. The first-order chi connectivity index (χ1) is 16.0. The van der Waals surface area contributed by atoms with Gasteiger partial charge < -0.3 is 14.3 Å². The van der Waals surface area contributed by atoms with Crippen LogP contribution < -0.4 is 10.6 Å². The summed E-state index contributed by atoms with van der Waals surface area (Å²) < 4.78 is 22.9. The Morgan fingerprint density at radius 2 is 1.82 bits per heavy atom. The summed E-state index contributed by atoms with van der Waals surface area (Å²) in [6.45, 7) is 3.89. The molecule has 2 aromatic carbocycles. The van der Waals surface area contributed by atoms with E-state index in [-0.39, 0.29) is 28.3 Å². The van der Waals surface area contributed by atoms with Crippen molar-refractivity contribution in [2.75, 3.05) is 13.1 Å². The van der Waals surface area contributed by atoms with Gasteiger partial charge in [-0.2, -0.15) is 0 Å². The number of aryl methyl sites for hydroxylation is 1. The van der Waals surface area contributed by atoms with Crippen LogP contribution in [0, 0.1) is 12.7 Å². The maximum absolute atomic E-state index is 15.1. The Labute approximate surface area is 189 Å². The summed E-state index contributed by atoms with van der Waals surface area (Å²) in [4.78, 5) is 26.1. The number of piperidine rings is 1. The Morgan fingerprint density at radius 1 is 1.03 bits per heavy atom. The second-order valence-electron chi connectivity index (χ2n) is 8.70. The summed E-state index contributed by atoms with van der Waals surface area (Å²) in [6.07, 6.45) is 5.35. The minimum Gasteiger partial charge on any atom is -0.464 e. The molecule has 1 saturated heterocycles. The maximum atomic E-state index is 15.1. The normalized spacial score (nSPS) is 17.5. The third-order valence-electron chi connectivity index (χ3n) is 6.78. The van der Waals surface area contributed by atoms with Crippen molar-refractivity contribution in [1.82, 2.24) is 15.2 Å². The molecule has 0 radical (unpaired) electrons. The second kappa shape index (κ2) is 7.42. The molecule has 33 heavy (non-hydrogen) atoms. The van der Waals surface area contributed by atoms with Crippen LogP contribution in [0.25, 0.3) is 33.0 Å². The van der Waals surface area contributed by atoms with Gasteiger partial charge in [0.1, 0.15) is 11.4 Å². The number of rotatable bonds is 3. The first-order valence-corrected chi connectivity index (χ1v) is 11.1. The van der Waals surface area contributed by atoms with Gasteiger partial charge in [-0.25, -0.2) is 4.39 Å². The van der Waals surface area contributed by atoms with Crippen molar-refractivity contribution >= 4 is 44.8 Å². The molecule has 4 heterocycles. The molecule has 0 bridgehead atoms. The van der Waals surface area contributed by atoms with Gasteiger partial charge in [-0.15, -0.1) is 0 Å². The first kappa shape index (κ1) is 19.9. The standard InChI is InChI=1S/C26H22FN3O3/c1-14-3-2-4-17-18(13-30(23(14)17)16-7-10-28-11-8-16)20-22(26(32)29-25(20)31)21-19(27)6-5-15-9-12-33-24(15)21/h2-6,9,12-13,16,28H,7-8,10-11H2,1H3,(H,29,31,32). The van der Waals surface area contributed by atoms with Gasteiger partial charge in [0.2, 0.25) is 0 Å². The van der Waals surface area contributed by atoms with Crippen molar-refractivity contribution in [3.63, 3.8) is 0 Å². The molecule has 166 valence electrons. The summed E-state index contributed by atoms with van der Waals surface area (Å²) in [5.74, 6) is -1.75. The highest BCUT2D eigenvalue weighted by Gasteiger charge is 2.37. The van der Waals surface area contributed by atoms with Crippen molar-refractivity contribution in [3.05, 3.63) is 71.4 Å². The molecule has 2 aliphatic rings. The molecule has 0 spiro atoms. The van der Waals surface area contributed by atoms with E-state index in [9.17, 15) is 9.59 Å². The lowest BCUT2D eigenvalue weighted by molar-refractivity contribution is -0.122. The van der Waals surface area contributed by atoms with Crippen LogP contribution in [0.15, 0.2) is 53.3 Å². The number of carbonyl (C=O) groups is 2. The van der Waals surface area contributed by atoms with Gasteiger partial charge in [-0.1, -0.05) is 18.2 Å². The number of fused-ring (bicyclic) bond motifs is 2. The number of amides is 2. The summed E-state index contributed by atoms with van der Waals surface area (Å²) in [5.41, 5.74) is 3.24. The van der Waals surface area contributed by atoms with E-state index in [0.29, 0.717) is 10.9 Å². The number of hydrogen-bond donors (Lipinski definition) is 2. The summed E-state index contributed by atoms with van der Waals surface area (Å²) in [7, 11) is 0. The highest BCUT2D eigenvalue weighted by molar-refractivity contribution is 6.50. The van der Waals surface area contributed by atoms with Crippen LogP contribution in [0.5, 0.6) is 0 Å². The van der Waals surface area contributed by atoms with Crippen LogP contribution >= 0.6 is 0 Å². The van der Waals surface area contributed by atoms with Gasteiger partial charge in [-0.05, 0) is 56.6 Å². The Balaban J connectivity index is 1.67. The van der Waals surface area contributed by atoms with Crippen molar-refractivity contribution in [2.24, 2.45) is 0 Å². The highest BCUT2D eigenvalue weighted by Crippen LogP contribution is 2.41. The third-order valence-corrected chi connectivity index (χ3v) is 6.78. The Hall–Kier alpha value is -3.71. The van der Waals surface area contributed by atoms with Gasteiger partial charge in [-0.3, -0.25) is 14.9 Å². The van der Waals surface area contributed by atoms with Crippen LogP contribution in [-0.4, -0.2) is 29.5 Å². The minimum absolute atomic E-state index is 0.0175. The number of halogens is 1. The predicted octanol–water partition coefficient (Wildman–Crippen LogP) is 4.33. The predicted molar refractivity (Wildman–Crippen MR) is 124 cm³/mol. The van der Waals surface area contributed by atoms with Crippen molar-refractivity contribution in [1.29, 1.82) is 0 Å². The molecule has 0 unspecified atom stereocenters. The van der Waals surface area contributed by atoms with E-state index in [1.807, 2.05) is 31.3 Å². The van der Waals surface area contributed by atoms with Gasteiger partial charge >= 0.3 is 0 Å². The zero-order valence-corrected chi connectivity index (χ0v) is 18.1. The van der Waals surface area contributed by atoms with E-state index in [1.54, 1.807) is 12.1 Å². The molecule has 7 heteroatoms. The highest BCUT2D eigenvalue weighted by atomic mass is 19.1. The average Bonchev–Trinajstić information content (AvgIpc) is 3.50. The molecule has 0 saturated carbocycles. The van der Waals surface area contributed by atoms with Gasteiger partial charge in [0.15, 0.2) is 0 Å².